The average Bonchev–Trinajstić information content (AvgIpc) is 3.28. The highest BCUT2D eigenvalue weighted by molar-refractivity contribution is 6.07. The molecule has 1 fully saturated rings. The van der Waals surface area contributed by atoms with Gasteiger partial charge in [0.2, 0.25) is 23.6 Å². The summed E-state index contributed by atoms with van der Waals surface area (Å²) in [5.74, 6) is -1.61. The van der Waals surface area contributed by atoms with Gasteiger partial charge in [0, 0.05) is 25.6 Å². The number of carbonyl (C=O) groups excluding carboxylic acids is 4. The fourth-order valence-corrected chi connectivity index (χ4v) is 5.01. The smallest absolute Gasteiger partial charge is 0.246 e. The molecule has 0 aromatic heterocycles. The van der Waals surface area contributed by atoms with Crippen LogP contribution in [0.1, 0.15) is 59.9 Å². The molecule has 1 aromatic rings. The first kappa shape index (κ1) is 26.2. The van der Waals surface area contributed by atoms with Gasteiger partial charge in [-0.05, 0) is 29.4 Å². The van der Waals surface area contributed by atoms with Crippen molar-refractivity contribution in [2.45, 2.75) is 77.9 Å². The minimum absolute atomic E-state index is 0.0583. The number of carbonyl (C=O) groups is 4. The van der Waals surface area contributed by atoms with E-state index in [0.29, 0.717) is 12.1 Å². The molecule has 2 aliphatic rings. The monoisotopic (exact) mass is 481 g/mol. The number of nitriles is 1. The van der Waals surface area contributed by atoms with Gasteiger partial charge in [0.1, 0.15) is 18.1 Å². The Kier molecular flexibility index (Phi) is 7.25. The van der Waals surface area contributed by atoms with E-state index >= 15 is 0 Å². The number of hydrogen-bond acceptors (Lipinski definition) is 5. The Morgan fingerprint density at radius 3 is 2.46 bits per heavy atom. The van der Waals surface area contributed by atoms with Crippen molar-refractivity contribution in [2.75, 3.05) is 11.9 Å². The van der Waals surface area contributed by atoms with Crippen molar-refractivity contribution in [1.82, 2.24) is 15.5 Å². The molecule has 0 bridgehead atoms. The van der Waals surface area contributed by atoms with E-state index < -0.39 is 35.4 Å². The molecule has 4 atom stereocenters. The van der Waals surface area contributed by atoms with Gasteiger partial charge in [-0.1, -0.05) is 52.8 Å². The van der Waals surface area contributed by atoms with Crippen LogP contribution in [0.2, 0.25) is 0 Å². The summed E-state index contributed by atoms with van der Waals surface area (Å²) in [6.45, 7) is 10.9. The van der Waals surface area contributed by atoms with Crippen LogP contribution in [-0.4, -0.2) is 53.2 Å². The summed E-state index contributed by atoms with van der Waals surface area (Å²) in [5.41, 5.74) is 0.159. The van der Waals surface area contributed by atoms with Crippen molar-refractivity contribution in [3.63, 3.8) is 0 Å². The standard InChI is InChI=1S/C26H35N5O4/c1-15(2)21(28-16(3)32)22(33)29-20(12-25(4,5)6)23(34)31-14-26(11-17(31)13-27)18-9-7-8-10-19(18)30-24(26)35/h7-10,15,17,20-21H,11-12,14H2,1-6H3,(H,28,32)(H,29,33)(H,30,35)/t17-,20-,21+,26-/m0/s1. The number of benzene rings is 1. The lowest BCUT2D eigenvalue weighted by atomic mass is 9.80. The third kappa shape index (κ3) is 5.31. The van der Waals surface area contributed by atoms with Gasteiger partial charge in [0.25, 0.3) is 0 Å². The van der Waals surface area contributed by atoms with Gasteiger partial charge in [-0.2, -0.15) is 5.26 Å². The molecule has 0 radical (unpaired) electrons. The van der Waals surface area contributed by atoms with Gasteiger partial charge in [0.15, 0.2) is 0 Å². The van der Waals surface area contributed by atoms with Crippen LogP contribution in [0.3, 0.4) is 0 Å². The molecule has 188 valence electrons. The maximum atomic E-state index is 13.8. The molecule has 4 amide bonds. The number of nitrogens with one attached hydrogen (secondary N) is 3. The zero-order valence-electron chi connectivity index (χ0n) is 21.3. The van der Waals surface area contributed by atoms with Crippen LogP contribution < -0.4 is 16.0 Å². The normalized spacial score (nSPS) is 22.9. The number of nitrogens with zero attached hydrogens (tertiary/aromatic N) is 2. The molecule has 1 spiro atoms. The van der Waals surface area contributed by atoms with Crippen molar-refractivity contribution in [2.24, 2.45) is 11.3 Å². The Bertz CT molecular complexity index is 1070. The number of likely N-dealkylation sites (tertiary alicyclic amines) is 1. The van der Waals surface area contributed by atoms with Gasteiger partial charge >= 0.3 is 0 Å². The quantitative estimate of drug-likeness (QED) is 0.572. The van der Waals surface area contributed by atoms with Crippen molar-refractivity contribution in [3.05, 3.63) is 29.8 Å². The van der Waals surface area contributed by atoms with Crippen molar-refractivity contribution in [1.29, 1.82) is 5.26 Å². The summed E-state index contributed by atoms with van der Waals surface area (Å²) in [6.07, 6.45) is 0.516. The summed E-state index contributed by atoms with van der Waals surface area (Å²) >= 11 is 0. The molecule has 0 saturated carbocycles. The van der Waals surface area contributed by atoms with Crippen LogP contribution in [0.25, 0.3) is 0 Å². The Hall–Kier alpha value is -3.41. The molecular formula is C26H35N5O4. The highest BCUT2D eigenvalue weighted by Crippen LogP contribution is 2.46. The molecule has 9 heteroatoms. The zero-order valence-corrected chi connectivity index (χ0v) is 21.3. The number of hydrogen-bond donors (Lipinski definition) is 3. The van der Waals surface area contributed by atoms with E-state index in [1.807, 2.05) is 58.9 Å². The molecule has 9 nitrogen and oxygen atoms in total. The van der Waals surface area contributed by atoms with E-state index in [4.69, 9.17) is 0 Å². The van der Waals surface area contributed by atoms with Gasteiger partial charge < -0.3 is 20.9 Å². The summed E-state index contributed by atoms with van der Waals surface area (Å²) < 4.78 is 0. The van der Waals surface area contributed by atoms with Crippen LogP contribution in [0.5, 0.6) is 0 Å². The predicted octanol–water partition coefficient (Wildman–Crippen LogP) is 2.08. The van der Waals surface area contributed by atoms with Crippen LogP contribution in [0.15, 0.2) is 24.3 Å². The Labute approximate surface area is 206 Å². The van der Waals surface area contributed by atoms with E-state index in [2.05, 4.69) is 22.0 Å². The Morgan fingerprint density at radius 2 is 1.89 bits per heavy atom. The maximum absolute atomic E-state index is 13.8. The molecular weight excluding hydrogens is 446 g/mol. The predicted molar refractivity (Wildman–Crippen MR) is 131 cm³/mol. The minimum atomic E-state index is -1.00. The van der Waals surface area contributed by atoms with Gasteiger partial charge in [-0.3, -0.25) is 19.2 Å². The Morgan fingerprint density at radius 1 is 1.23 bits per heavy atom. The highest BCUT2D eigenvalue weighted by atomic mass is 16.2. The number of anilines is 1. The first-order valence-corrected chi connectivity index (χ1v) is 12.0. The van der Waals surface area contributed by atoms with Gasteiger partial charge in [-0.15, -0.1) is 0 Å². The topological polar surface area (TPSA) is 131 Å². The van der Waals surface area contributed by atoms with E-state index in [0.717, 1.165) is 5.56 Å². The molecule has 2 aliphatic heterocycles. The molecule has 2 heterocycles. The van der Waals surface area contributed by atoms with Crippen molar-refractivity contribution >= 4 is 29.3 Å². The fourth-order valence-electron chi connectivity index (χ4n) is 5.01. The van der Waals surface area contributed by atoms with E-state index in [-0.39, 0.29) is 36.1 Å². The van der Waals surface area contributed by atoms with Crippen molar-refractivity contribution < 1.29 is 19.2 Å². The molecule has 1 aromatic carbocycles. The largest absolute Gasteiger partial charge is 0.344 e. The fraction of sp³-hybridized carbons (Fsp3) is 0.577. The molecule has 0 aliphatic carbocycles. The summed E-state index contributed by atoms with van der Waals surface area (Å²) in [4.78, 5) is 53.1. The average molecular weight is 482 g/mol. The van der Waals surface area contributed by atoms with E-state index in [1.165, 1.54) is 11.8 Å². The first-order valence-electron chi connectivity index (χ1n) is 12.0. The third-order valence-electron chi connectivity index (χ3n) is 6.65. The SMILES string of the molecule is CC(=O)N[C@@H](C(=O)N[C@@H](CC(C)(C)C)C(=O)N1C[C@]2(C[C@H]1C#N)C(=O)Nc1ccccc12)C(C)C. The second-order valence-electron chi connectivity index (χ2n) is 11.1. The van der Waals surface area contributed by atoms with Gasteiger partial charge in [-0.25, -0.2) is 0 Å². The number of amides is 4. The number of rotatable bonds is 6. The minimum Gasteiger partial charge on any atom is -0.344 e. The summed E-state index contributed by atoms with van der Waals surface area (Å²) in [5, 5.41) is 18.3. The second-order valence-corrected chi connectivity index (χ2v) is 11.1. The van der Waals surface area contributed by atoms with Crippen LogP contribution in [-0.2, 0) is 24.6 Å². The highest BCUT2D eigenvalue weighted by Gasteiger charge is 2.56. The van der Waals surface area contributed by atoms with Crippen LogP contribution in [0.4, 0.5) is 5.69 Å². The lowest BCUT2D eigenvalue weighted by molar-refractivity contribution is -0.138. The molecule has 3 rings (SSSR count). The van der Waals surface area contributed by atoms with Crippen LogP contribution in [0, 0.1) is 22.7 Å². The van der Waals surface area contributed by atoms with E-state index in [1.54, 1.807) is 0 Å². The second kappa shape index (κ2) is 9.68. The van der Waals surface area contributed by atoms with E-state index in [9.17, 15) is 24.4 Å². The zero-order chi connectivity index (χ0) is 26.1. The Balaban J connectivity index is 1.91. The lowest BCUT2D eigenvalue weighted by Gasteiger charge is -2.32. The molecule has 1 saturated heterocycles. The van der Waals surface area contributed by atoms with Crippen molar-refractivity contribution in [3.8, 4) is 6.07 Å². The molecule has 35 heavy (non-hydrogen) atoms. The maximum Gasteiger partial charge on any atom is 0.246 e. The van der Waals surface area contributed by atoms with Gasteiger partial charge in [0.05, 0.1) is 11.5 Å². The van der Waals surface area contributed by atoms with Crippen LogP contribution >= 0.6 is 0 Å². The summed E-state index contributed by atoms with van der Waals surface area (Å²) in [6, 6.07) is 6.99. The number of para-hydroxylation sites is 1. The molecule has 3 N–H and O–H groups in total. The number of fused-ring (bicyclic) bond motifs is 2. The molecule has 0 unspecified atom stereocenters. The third-order valence-corrected chi connectivity index (χ3v) is 6.65. The summed E-state index contributed by atoms with van der Waals surface area (Å²) in [7, 11) is 0. The first-order chi connectivity index (χ1) is 16.3. The lowest BCUT2D eigenvalue weighted by Crippen LogP contribution is -2.57.